The van der Waals surface area contributed by atoms with Gasteiger partial charge in [-0.15, -0.1) is 0 Å². The Morgan fingerprint density at radius 1 is 0.467 bits per heavy atom. The molecule has 30 heavy (non-hydrogen) atoms. The van der Waals surface area contributed by atoms with Gasteiger partial charge in [0.15, 0.2) is 0 Å². The SMILES string of the molecule is CCCCCCCCOCCOCCOCCOCCOCCOc1ccccc1. The van der Waals surface area contributed by atoms with E-state index >= 15 is 0 Å². The molecule has 0 aromatic heterocycles. The monoisotopic (exact) mass is 426 g/mol. The van der Waals surface area contributed by atoms with Crippen molar-refractivity contribution in [3.8, 4) is 5.75 Å². The molecule has 6 heteroatoms. The van der Waals surface area contributed by atoms with E-state index in [0.717, 1.165) is 18.8 Å². The van der Waals surface area contributed by atoms with Gasteiger partial charge in [-0.3, -0.25) is 0 Å². The topological polar surface area (TPSA) is 55.4 Å². The van der Waals surface area contributed by atoms with E-state index in [0.29, 0.717) is 66.1 Å². The minimum atomic E-state index is 0.539. The zero-order valence-corrected chi connectivity index (χ0v) is 18.9. The highest BCUT2D eigenvalue weighted by molar-refractivity contribution is 5.20. The molecule has 174 valence electrons. The van der Waals surface area contributed by atoms with Crippen molar-refractivity contribution in [2.45, 2.75) is 45.4 Å². The summed E-state index contributed by atoms with van der Waals surface area (Å²) >= 11 is 0. The molecule has 0 unspecified atom stereocenters. The smallest absolute Gasteiger partial charge is 0.119 e. The molecule has 0 radical (unpaired) electrons. The third-order valence-electron chi connectivity index (χ3n) is 4.37. The average molecular weight is 427 g/mol. The van der Waals surface area contributed by atoms with Gasteiger partial charge in [0.1, 0.15) is 12.4 Å². The summed E-state index contributed by atoms with van der Waals surface area (Å²) in [5, 5.41) is 0. The van der Waals surface area contributed by atoms with E-state index in [2.05, 4.69) is 6.92 Å². The molecule has 1 aromatic rings. The summed E-state index contributed by atoms with van der Waals surface area (Å²) < 4.78 is 33.0. The average Bonchev–Trinajstić information content (AvgIpc) is 2.78. The maximum absolute atomic E-state index is 5.56. The van der Waals surface area contributed by atoms with E-state index in [4.69, 9.17) is 28.4 Å². The van der Waals surface area contributed by atoms with Crippen LogP contribution in [0.4, 0.5) is 0 Å². The predicted octanol–water partition coefficient (Wildman–Crippen LogP) is 4.51. The lowest BCUT2D eigenvalue weighted by atomic mass is 10.1. The molecule has 0 heterocycles. The number of benzene rings is 1. The lowest BCUT2D eigenvalue weighted by Gasteiger charge is -2.08. The highest BCUT2D eigenvalue weighted by Gasteiger charge is 1.95. The second-order valence-electron chi connectivity index (χ2n) is 6.99. The van der Waals surface area contributed by atoms with Gasteiger partial charge >= 0.3 is 0 Å². The number of ether oxygens (including phenoxy) is 6. The standard InChI is InChI=1S/C24H42O6/c1-2-3-4-5-6-10-13-25-14-15-26-16-17-27-18-19-28-20-21-29-22-23-30-24-11-8-7-9-12-24/h7-9,11-12H,2-6,10,13-23H2,1H3. The summed E-state index contributed by atoms with van der Waals surface area (Å²) in [6.07, 6.45) is 7.74. The van der Waals surface area contributed by atoms with Gasteiger partial charge in [0.25, 0.3) is 0 Å². The molecule has 1 aromatic carbocycles. The Morgan fingerprint density at radius 2 is 0.900 bits per heavy atom. The van der Waals surface area contributed by atoms with Gasteiger partial charge in [0.05, 0.1) is 59.5 Å². The molecule has 0 aliphatic carbocycles. The molecule has 0 bridgehead atoms. The molecular weight excluding hydrogens is 384 g/mol. The molecule has 0 N–H and O–H groups in total. The van der Waals surface area contributed by atoms with Crippen LogP contribution in [0.25, 0.3) is 0 Å². The summed E-state index contributed by atoms with van der Waals surface area (Å²) in [7, 11) is 0. The Kier molecular flexibility index (Phi) is 20.1. The Morgan fingerprint density at radius 3 is 1.43 bits per heavy atom. The highest BCUT2D eigenvalue weighted by atomic mass is 16.6. The number of hydrogen-bond acceptors (Lipinski definition) is 6. The number of hydrogen-bond donors (Lipinski definition) is 0. The molecule has 0 aliphatic rings. The molecule has 0 fully saturated rings. The van der Waals surface area contributed by atoms with Crippen molar-refractivity contribution in [3.63, 3.8) is 0 Å². The summed E-state index contributed by atoms with van der Waals surface area (Å²) in [5.41, 5.74) is 0. The van der Waals surface area contributed by atoms with Gasteiger partial charge in [-0.25, -0.2) is 0 Å². The van der Waals surface area contributed by atoms with Gasteiger partial charge in [-0.05, 0) is 18.6 Å². The molecule has 0 aliphatic heterocycles. The Labute approximate surface area is 183 Å². The van der Waals surface area contributed by atoms with Crippen molar-refractivity contribution in [3.05, 3.63) is 30.3 Å². The van der Waals surface area contributed by atoms with Gasteiger partial charge in [-0.1, -0.05) is 57.2 Å². The molecular formula is C24H42O6. The molecule has 1 rings (SSSR count). The third-order valence-corrected chi connectivity index (χ3v) is 4.37. The van der Waals surface area contributed by atoms with Gasteiger partial charge < -0.3 is 28.4 Å². The summed E-state index contributed by atoms with van der Waals surface area (Å²) in [4.78, 5) is 0. The first-order valence-corrected chi connectivity index (χ1v) is 11.5. The van der Waals surface area contributed by atoms with Gasteiger partial charge in [-0.2, -0.15) is 0 Å². The van der Waals surface area contributed by atoms with Crippen molar-refractivity contribution < 1.29 is 28.4 Å². The largest absolute Gasteiger partial charge is 0.491 e. The molecule has 0 atom stereocenters. The number of rotatable bonds is 23. The van der Waals surface area contributed by atoms with Crippen LogP contribution < -0.4 is 4.74 Å². The molecule has 6 nitrogen and oxygen atoms in total. The lowest BCUT2D eigenvalue weighted by Crippen LogP contribution is -2.14. The van der Waals surface area contributed by atoms with Crippen molar-refractivity contribution in [1.82, 2.24) is 0 Å². The van der Waals surface area contributed by atoms with Crippen molar-refractivity contribution >= 4 is 0 Å². The van der Waals surface area contributed by atoms with E-state index in [9.17, 15) is 0 Å². The van der Waals surface area contributed by atoms with Crippen molar-refractivity contribution in [2.75, 3.05) is 72.7 Å². The van der Waals surface area contributed by atoms with Crippen LogP contribution in [0, 0.1) is 0 Å². The molecule has 0 saturated carbocycles. The van der Waals surface area contributed by atoms with Crippen LogP contribution in [-0.2, 0) is 23.7 Å². The van der Waals surface area contributed by atoms with Crippen LogP contribution in [0.5, 0.6) is 5.75 Å². The maximum atomic E-state index is 5.56. The van der Waals surface area contributed by atoms with E-state index in [1.165, 1.54) is 32.1 Å². The van der Waals surface area contributed by atoms with Crippen LogP contribution >= 0.6 is 0 Å². The normalized spacial score (nSPS) is 11.1. The van der Waals surface area contributed by atoms with Crippen LogP contribution in [0.3, 0.4) is 0 Å². The quantitative estimate of drug-likeness (QED) is 0.240. The minimum Gasteiger partial charge on any atom is -0.491 e. The summed E-state index contributed by atoms with van der Waals surface area (Å²) in [5.74, 6) is 0.860. The second-order valence-corrected chi connectivity index (χ2v) is 6.99. The van der Waals surface area contributed by atoms with Gasteiger partial charge in [0.2, 0.25) is 0 Å². The predicted molar refractivity (Wildman–Crippen MR) is 119 cm³/mol. The first kappa shape index (κ1) is 26.9. The zero-order chi connectivity index (χ0) is 21.4. The Balaban J connectivity index is 1.65. The first-order chi connectivity index (χ1) is 14.9. The fourth-order valence-electron chi connectivity index (χ4n) is 2.70. The van der Waals surface area contributed by atoms with Crippen molar-refractivity contribution in [2.24, 2.45) is 0 Å². The fourth-order valence-corrected chi connectivity index (χ4v) is 2.70. The summed E-state index contributed by atoms with van der Waals surface area (Å²) in [6.45, 7) is 8.86. The Bertz CT molecular complexity index is 443. The third kappa shape index (κ3) is 18.8. The zero-order valence-electron chi connectivity index (χ0n) is 18.9. The number of unbranched alkanes of at least 4 members (excludes halogenated alkanes) is 5. The number of para-hydroxylation sites is 1. The first-order valence-electron chi connectivity index (χ1n) is 11.5. The van der Waals surface area contributed by atoms with E-state index < -0.39 is 0 Å². The van der Waals surface area contributed by atoms with Crippen LogP contribution in [0.2, 0.25) is 0 Å². The van der Waals surface area contributed by atoms with E-state index in [1.807, 2.05) is 30.3 Å². The lowest BCUT2D eigenvalue weighted by molar-refractivity contribution is -0.0128. The summed E-state index contributed by atoms with van der Waals surface area (Å²) in [6, 6.07) is 9.72. The molecule has 0 amide bonds. The van der Waals surface area contributed by atoms with Crippen LogP contribution in [0.1, 0.15) is 45.4 Å². The molecule has 0 spiro atoms. The minimum absolute atomic E-state index is 0.539. The highest BCUT2D eigenvalue weighted by Crippen LogP contribution is 2.07. The van der Waals surface area contributed by atoms with Crippen LogP contribution in [0.15, 0.2) is 30.3 Å². The fraction of sp³-hybridized carbons (Fsp3) is 0.750. The van der Waals surface area contributed by atoms with Crippen LogP contribution in [-0.4, -0.2) is 72.7 Å². The van der Waals surface area contributed by atoms with Gasteiger partial charge in [0, 0.05) is 6.61 Å². The maximum Gasteiger partial charge on any atom is 0.119 e. The Hall–Kier alpha value is -1.18. The molecule has 0 saturated heterocycles. The second kappa shape index (κ2) is 22.5. The van der Waals surface area contributed by atoms with E-state index in [-0.39, 0.29) is 0 Å². The van der Waals surface area contributed by atoms with E-state index in [1.54, 1.807) is 0 Å². The van der Waals surface area contributed by atoms with Crippen molar-refractivity contribution in [1.29, 1.82) is 0 Å².